The molecule has 1 fully saturated rings. The molecule has 0 bridgehead atoms. The Bertz CT molecular complexity index is 611. The second-order valence-corrected chi connectivity index (χ2v) is 7.18. The monoisotopic (exact) mass is 313 g/mol. The van der Waals surface area contributed by atoms with Crippen LogP contribution in [0.5, 0.6) is 5.75 Å². The van der Waals surface area contributed by atoms with E-state index in [0.29, 0.717) is 11.4 Å². The molecule has 7 heteroatoms. The van der Waals surface area contributed by atoms with Crippen LogP contribution >= 0.6 is 0 Å². The summed E-state index contributed by atoms with van der Waals surface area (Å²) in [5.41, 5.74) is 0.559. The molecule has 1 aliphatic rings. The summed E-state index contributed by atoms with van der Waals surface area (Å²) in [6, 6.07) is 6.02. The standard InChI is InChI=1S/C14H19NO5S/c1-3-14(17)15(10-4-6-11(20-2)7-5-10)12-8-21(18,19)9-13(12)16/h4-7,12-13,16H,3,8-9H2,1-2H3. The fourth-order valence-electron chi connectivity index (χ4n) is 2.49. The average Bonchev–Trinajstić information content (AvgIpc) is 2.72. The first-order valence-electron chi connectivity index (χ1n) is 6.72. The number of hydrogen-bond donors (Lipinski definition) is 1. The molecule has 1 aromatic carbocycles. The number of carbonyl (C=O) groups is 1. The van der Waals surface area contributed by atoms with Crippen molar-refractivity contribution in [2.45, 2.75) is 25.5 Å². The molecule has 1 aromatic rings. The third-order valence-corrected chi connectivity index (χ3v) is 5.25. The maximum absolute atomic E-state index is 12.2. The van der Waals surface area contributed by atoms with E-state index in [2.05, 4.69) is 0 Å². The van der Waals surface area contributed by atoms with Crippen molar-refractivity contribution >= 4 is 21.4 Å². The van der Waals surface area contributed by atoms with Crippen molar-refractivity contribution in [3.05, 3.63) is 24.3 Å². The Morgan fingerprint density at radius 3 is 2.38 bits per heavy atom. The van der Waals surface area contributed by atoms with E-state index in [-0.39, 0.29) is 23.8 Å². The van der Waals surface area contributed by atoms with Crippen LogP contribution in [0.1, 0.15) is 13.3 Å². The van der Waals surface area contributed by atoms with Crippen LogP contribution in [0.25, 0.3) is 0 Å². The molecular weight excluding hydrogens is 294 g/mol. The van der Waals surface area contributed by atoms with Gasteiger partial charge in [0.2, 0.25) is 5.91 Å². The van der Waals surface area contributed by atoms with Crippen molar-refractivity contribution in [2.75, 3.05) is 23.5 Å². The number of methoxy groups -OCH3 is 1. The number of aliphatic hydroxyl groups excluding tert-OH is 1. The van der Waals surface area contributed by atoms with Crippen LogP contribution in [0.3, 0.4) is 0 Å². The molecule has 0 saturated carbocycles. The zero-order valence-electron chi connectivity index (χ0n) is 12.0. The second-order valence-electron chi connectivity index (χ2n) is 5.03. The van der Waals surface area contributed by atoms with Crippen molar-refractivity contribution in [1.29, 1.82) is 0 Å². The van der Waals surface area contributed by atoms with Gasteiger partial charge in [0, 0.05) is 12.1 Å². The van der Waals surface area contributed by atoms with Crippen LogP contribution in [0.4, 0.5) is 5.69 Å². The highest BCUT2D eigenvalue weighted by molar-refractivity contribution is 7.91. The summed E-state index contributed by atoms with van der Waals surface area (Å²) in [6.07, 6.45) is -0.831. The third-order valence-electron chi connectivity index (χ3n) is 3.55. The van der Waals surface area contributed by atoms with Crippen molar-refractivity contribution in [3.8, 4) is 5.75 Å². The SMILES string of the molecule is CCC(=O)N(c1ccc(OC)cc1)C1CS(=O)(=O)CC1O. The topological polar surface area (TPSA) is 83.9 Å². The summed E-state index contributed by atoms with van der Waals surface area (Å²) < 4.78 is 28.4. The predicted octanol–water partition coefficient (Wildman–Crippen LogP) is 0.596. The lowest BCUT2D eigenvalue weighted by molar-refractivity contribution is -0.119. The molecule has 2 rings (SSSR count). The van der Waals surface area contributed by atoms with E-state index < -0.39 is 22.0 Å². The van der Waals surface area contributed by atoms with Gasteiger partial charge in [0.1, 0.15) is 5.75 Å². The van der Waals surface area contributed by atoms with Gasteiger partial charge in [-0.2, -0.15) is 0 Å². The Balaban J connectivity index is 2.36. The lowest BCUT2D eigenvalue weighted by Crippen LogP contribution is -2.46. The zero-order valence-corrected chi connectivity index (χ0v) is 12.8. The fraction of sp³-hybridized carbons (Fsp3) is 0.500. The predicted molar refractivity (Wildman–Crippen MR) is 79.2 cm³/mol. The van der Waals surface area contributed by atoms with Crippen molar-refractivity contribution in [2.24, 2.45) is 0 Å². The van der Waals surface area contributed by atoms with Crippen LogP contribution in [0.15, 0.2) is 24.3 Å². The Kier molecular flexibility index (Phi) is 4.53. The molecule has 0 aromatic heterocycles. The number of hydrogen-bond acceptors (Lipinski definition) is 5. The molecule has 2 atom stereocenters. The van der Waals surface area contributed by atoms with Gasteiger partial charge in [-0.1, -0.05) is 6.92 Å². The minimum absolute atomic E-state index is 0.216. The second kappa shape index (κ2) is 6.03. The number of amides is 1. The van der Waals surface area contributed by atoms with Gasteiger partial charge < -0.3 is 14.7 Å². The van der Waals surface area contributed by atoms with Gasteiger partial charge in [-0.3, -0.25) is 4.79 Å². The number of nitrogens with zero attached hydrogens (tertiary/aromatic N) is 1. The molecule has 2 unspecified atom stereocenters. The van der Waals surface area contributed by atoms with E-state index in [1.165, 1.54) is 12.0 Å². The first-order valence-corrected chi connectivity index (χ1v) is 8.54. The molecule has 116 valence electrons. The summed E-state index contributed by atoms with van der Waals surface area (Å²) in [6.45, 7) is 1.70. The van der Waals surface area contributed by atoms with Crippen molar-refractivity contribution < 1.29 is 23.1 Å². The van der Waals surface area contributed by atoms with E-state index in [1.54, 1.807) is 31.2 Å². The van der Waals surface area contributed by atoms with Crippen LogP contribution in [-0.2, 0) is 14.6 Å². The summed E-state index contributed by atoms with van der Waals surface area (Å²) in [5.74, 6) is -0.101. The number of sulfone groups is 1. The number of rotatable bonds is 4. The largest absolute Gasteiger partial charge is 0.497 e. The van der Waals surface area contributed by atoms with Crippen molar-refractivity contribution in [3.63, 3.8) is 0 Å². The Morgan fingerprint density at radius 1 is 1.33 bits per heavy atom. The molecule has 0 spiro atoms. The van der Waals surface area contributed by atoms with E-state index in [1.807, 2.05) is 0 Å². The normalized spacial score (nSPS) is 23.8. The van der Waals surface area contributed by atoms with Crippen LogP contribution in [0.2, 0.25) is 0 Å². The Hall–Kier alpha value is -1.60. The molecule has 6 nitrogen and oxygen atoms in total. The van der Waals surface area contributed by atoms with Gasteiger partial charge in [-0.15, -0.1) is 0 Å². The number of ether oxygens (including phenoxy) is 1. The van der Waals surface area contributed by atoms with Crippen molar-refractivity contribution in [1.82, 2.24) is 0 Å². The molecule has 1 saturated heterocycles. The average molecular weight is 313 g/mol. The summed E-state index contributed by atoms with van der Waals surface area (Å²) in [4.78, 5) is 13.6. The van der Waals surface area contributed by atoms with Gasteiger partial charge in [-0.25, -0.2) is 8.42 Å². The highest BCUT2D eigenvalue weighted by Gasteiger charge is 2.42. The first-order chi connectivity index (χ1) is 9.88. The first kappa shape index (κ1) is 15.8. The number of aliphatic hydroxyl groups is 1. The molecule has 1 heterocycles. The third kappa shape index (κ3) is 3.36. The molecule has 1 N–H and O–H groups in total. The smallest absolute Gasteiger partial charge is 0.227 e. The maximum Gasteiger partial charge on any atom is 0.227 e. The van der Waals surface area contributed by atoms with Gasteiger partial charge in [0.05, 0.1) is 30.8 Å². The highest BCUT2D eigenvalue weighted by atomic mass is 32.2. The van der Waals surface area contributed by atoms with E-state index >= 15 is 0 Å². The van der Waals surface area contributed by atoms with Gasteiger partial charge in [0.15, 0.2) is 9.84 Å². The van der Waals surface area contributed by atoms with E-state index in [0.717, 1.165) is 0 Å². The summed E-state index contributed by atoms with van der Waals surface area (Å²) in [7, 11) is -1.78. The van der Waals surface area contributed by atoms with Crippen LogP contribution in [0, 0.1) is 0 Å². The summed E-state index contributed by atoms with van der Waals surface area (Å²) in [5, 5.41) is 10.0. The minimum Gasteiger partial charge on any atom is -0.497 e. The fourth-order valence-corrected chi connectivity index (χ4v) is 4.26. The minimum atomic E-state index is -3.32. The quantitative estimate of drug-likeness (QED) is 0.880. The van der Waals surface area contributed by atoms with Crippen LogP contribution in [-0.4, -0.2) is 50.2 Å². The lowest BCUT2D eigenvalue weighted by Gasteiger charge is -2.30. The van der Waals surface area contributed by atoms with E-state index in [9.17, 15) is 18.3 Å². The molecule has 0 aliphatic carbocycles. The molecule has 1 aliphatic heterocycles. The lowest BCUT2D eigenvalue weighted by atomic mass is 10.1. The highest BCUT2D eigenvalue weighted by Crippen LogP contribution is 2.27. The summed E-state index contributed by atoms with van der Waals surface area (Å²) >= 11 is 0. The molecule has 0 radical (unpaired) electrons. The van der Waals surface area contributed by atoms with E-state index in [4.69, 9.17) is 4.74 Å². The Morgan fingerprint density at radius 2 is 1.95 bits per heavy atom. The number of benzene rings is 1. The maximum atomic E-state index is 12.2. The molecule has 21 heavy (non-hydrogen) atoms. The van der Waals surface area contributed by atoms with Gasteiger partial charge >= 0.3 is 0 Å². The molecular formula is C14H19NO5S. The van der Waals surface area contributed by atoms with Gasteiger partial charge in [-0.05, 0) is 24.3 Å². The number of anilines is 1. The molecule has 1 amide bonds. The Labute approximate surface area is 124 Å². The van der Waals surface area contributed by atoms with Crippen LogP contribution < -0.4 is 9.64 Å². The number of carbonyl (C=O) groups excluding carboxylic acids is 1. The van der Waals surface area contributed by atoms with Gasteiger partial charge in [0.25, 0.3) is 0 Å². The zero-order chi connectivity index (χ0) is 15.6.